The summed E-state index contributed by atoms with van der Waals surface area (Å²) in [6.07, 6.45) is 1.69. The molecule has 26 heavy (non-hydrogen) atoms. The standard InChI is InChI=1S/C18H28FN5O2/c1-13(26-16-5-3-4-14(19)10-16)11-22-18(21-2)23-15-6-8-24(9-7-15)12-17(20)25/h3-5,10,13,15H,6-9,11-12H2,1-2H3,(H2,20,25)(H2,21,22,23). The average molecular weight is 365 g/mol. The highest BCUT2D eigenvalue weighted by atomic mass is 19.1. The molecule has 1 saturated heterocycles. The number of piperidine rings is 1. The normalized spacial score (nSPS) is 17.6. The minimum Gasteiger partial charge on any atom is -0.489 e. The van der Waals surface area contributed by atoms with E-state index in [9.17, 15) is 9.18 Å². The summed E-state index contributed by atoms with van der Waals surface area (Å²) in [4.78, 5) is 17.3. The Morgan fingerprint density at radius 1 is 1.46 bits per heavy atom. The van der Waals surface area contributed by atoms with Gasteiger partial charge in [0.2, 0.25) is 5.91 Å². The van der Waals surface area contributed by atoms with Crippen LogP contribution < -0.4 is 21.1 Å². The van der Waals surface area contributed by atoms with Crippen LogP contribution in [0.5, 0.6) is 5.75 Å². The number of halogens is 1. The first-order valence-corrected chi connectivity index (χ1v) is 8.86. The molecule has 144 valence electrons. The first-order valence-electron chi connectivity index (χ1n) is 8.86. The summed E-state index contributed by atoms with van der Waals surface area (Å²) in [6, 6.07) is 6.40. The molecule has 1 aliphatic heterocycles. The third-order valence-corrected chi connectivity index (χ3v) is 4.22. The fourth-order valence-corrected chi connectivity index (χ4v) is 2.90. The molecule has 0 aliphatic carbocycles. The number of benzene rings is 1. The monoisotopic (exact) mass is 365 g/mol. The number of nitrogens with zero attached hydrogens (tertiary/aromatic N) is 2. The van der Waals surface area contributed by atoms with Gasteiger partial charge in [0, 0.05) is 32.2 Å². The number of hydrogen-bond acceptors (Lipinski definition) is 4. The SMILES string of the molecule is CN=C(NCC(C)Oc1cccc(F)c1)NC1CCN(CC(N)=O)CC1. The number of rotatable bonds is 7. The van der Waals surface area contributed by atoms with Crippen LogP contribution in [0.2, 0.25) is 0 Å². The van der Waals surface area contributed by atoms with Gasteiger partial charge < -0.3 is 21.1 Å². The number of carbonyl (C=O) groups is 1. The van der Waals surface area contributed by atoms with Crippen molar-refractivity contribution in [1.82, 2.24) is 15.5 Å². The molecule has 1 atom stereocenters. The van der Waals surface area contributed by atoms with Gasteiger partial charge in [0.1, 0.15) is 17.7 Å². The Kier molecular flexibility index (Phi) is 7.65. The van der Waals surface area contributed by atoms with E-state index in [1.807, 2.05) is 6.92 Å². The van der Waals surface area contributed by atoms with Crippen molar-refractivity contribution in [2.24, 2.45) is 10.7 Å². The maximum Gasteiger partial charge on any atom is 0.231 e. The molecule has 0 aromatic heterocycles. The number of primary amides is 1. The van der Waals surface area contributed by atoms with Crippen molar-refractivity contribution in [3.8, 4) is 5.75 Å². The van der Waals surface area contributed by atoms with Crippen LogP contribution >= 0.6 is 0 Å². The van der Waals surface area contributed by atoms with Crippen molar-refractivity contribution in [1.29, 1.82) is 0 Å². The van der Waals surface area contributed by atoms with Crippen molar-refractivity contribution >= 4 is 11.9 Å². The Morgan fingerprint density at radius 2 is 2.19 bits per heavy atom. The van der Waals surface area contributed by atoms with Gasteiger partial charge in [0.15, 0.2) is 5.96 Å². The molecule has 1 heterocycles. The van der Waals surface area contributed by atoms with Gasteiger partial charge >= 0.3 is 0 Å². The van der Waals surface area contributed by atoms with Gasteiger partial charge in [-0.3, -0.25) is 14.7 Å². The molecule has 1 aromatic carbocycles. The van der Waals surface area contributed by atoms with E-state index in [2.05, 4.69) is 20.5 Å². The fraction of sp³-hybridized carbons (Fsp3) is 0.556. The number of nitrogens with one attached hydrogen (secondary N) is 2. The second kappa shape index (κ2) is 9.96. The van der Waals surface area contributed by atoms with Crippen molar-refractivity contribution in [2.45, 2.75) is 31.9 Å². The van der Waals surface area contributed by atoms with E-state index < -0.39 is 0 Å². The highest BCUT2D eigenvalue weighted by Gasteiger charge is 2.21. The fourth-order valence-electron chi connectivity index (χ4n) is 2.90. The van der Waals surface area contributed by atoms with Crippen LogP contribution in [0.25, 0.3) is 0 Å². The summed E-state index contributed by atoms with van der Waals surface area (Å²) in [7, 11) is 1.72. The molecule has 0 saturated carbocycles. The van der Waals surface area contributed by atoms with Crippen molar-refractivity contribution in [2.75, 3.05) is 33.2 Å². The third-order valence-electron chi connectivity index (χ3n) is 4.22. The largest absolute Gasteiger partial charge is 0.489 e. The zero-order valence-corrected chi connectivity index (χ0v) is 15.4. The lowest BCUT2D eigenvalue weighted by molar-refractivity contribution is -0.119. The topological polar surface area (TPSA) is 92.0 Å². The molecule has 2 rings (SSSR count). The second-order valence-corrected chi connectivity index (χ2v) is 6.50. The Bertz CT molecular complexity index is 617. The van der Waals surface area contributed by atoms with Crippen LogP contribution in [0.1, 0.15) is 19.8 Å². The third kappa shape index (κ3) is 6.87. The van der Waals surface area contributed by atoms with Gasteiger partial charge in [-0.25, -0.2) is 4.39 Å². The Hall–Kier alpha value is -2.35. The Balaban J connectivity index is 1.71. The Labute approximate surface area is 153 Å². The highest BCUT2D eigenvalue weighted by molar-refractivity contribution is 5.80. The first kappa shape index (κ1) is 20.0. The lowest BCUT2D eigenvalue weighted by Crippen LogP contribution is -2.50. The molecule has 1 aliphatic rings. The molecule has 1 fully saturated rings. The molecule has 4 N–H and O–H groups in total. The number of aliphatic imine (C=N–C) groups is 1. The second-order valence-electron chi connectivity index (χ2n) is 6.50. The summed E-state index contributed by atoms with van der Waals surface area (Å²) in [5, 5.41) is 6.62. The van der Waals surface area contributed by atoms with Gasteiger partial charge in [-0.1, -0.05) is 6.07 Å². The van der Waals surface area contributed by atoms with Crippen molar-refractivity contribution < 1.29 is 13.9 Å². The zero-order valence-electron chi connectivity index (χ0n) is 15.4. The van der Waals surface area contributed by atoms with Gasteiger partial charge in [-0.15, -0.1) is 0 Å². The van der Waals surface area contributed by atoms with Crippen molar-refractivity contribution in [3.05, 3.63) is 30.1 Å². The first-order chi connectivity index (χ1) is 12.5. The molecule has 1 amide bonds. The maximum atomic E-state index is 13.2. The lowest BCUT2D eigenvalue weighted by atomic mass is 10.1. The molecule has 7 nitrogen and oxygen atoms in total. The smallest absolute Gasteiger partial charge is 0.231 e. The molecule has 1 aromatic rings. The van der Waals surface area contributed by atoms with Gasteiger partial charge in [0.25, 0.3) is 0 Å². The quantitative estimate of drug-likeness (QED) is 0.489. The van der Waals surface area contributed by atoms with Crippen LogP contribution in [0.15, 0.2) is 29.3 Å². The van der Waals surface area contributed by atoms with Crippen LogP contribution in [-0.4, -0.2) is 62.1 Å². The van der Waals surface area contributed by atoms with Crippen LogP contribution in [0.4, 0.5) is 4.39 Å². The van der Waals surface area contributed by atoms with Crippen molar-refractivity contribution in [3.63, 3.8) is 0 Å². The molecule has 0 spiro atoms. The summed E-state index contributed by atoms with van der Waals surface area (Å²) < 4.78 is 18.9. The predicted molar refractivity (Wildman–Crippen MR) is 99.6 cm³/mol. The number of likely N-dealkylation sites (tertiary alicyclic amines) is 1. The molecular weight excluding hydrogens is 337 g/mol. The number of nitrogens with two attached hydrogens (primary N) is 1. The number of carbonyl (C=O) groups excluding carboxylic acids is 1. The van der Waals surface area contributed by atoms with E-state index in [1.165, 1.54) is 12.1 Å². The predicted octanol–water partition coefficient (Wildman–Crippen LogP) is 0.708. The summed E-state index contributed by atoms with van der Waals surface area (Å²) in [5.74, 6) is 0.598. The molecular formula is C18H28FN5O2. The number of ether oxygens (including phenoxy) is 1. The lowest BCUT2D eigenvalue weighted by Gasteiger charge is -2.32. The van der Waals surface area contributed by atoms with Gasteiger partial charge in [0.05, 0.1) is 13.1 Å². The van der Waals surface area contributed by atoms with E-state index in [0.29, 0.717) is 30.8 Å². The minimum absolute atomic E-state index is 0.146. The summed E-state index contributed by atoms with van der Waals surface area (Å²) in [5.41, 5.74) is 5.23. The average Bonchev–Trinajstić information content (AvgIpc) is 2.59. The van der Waals surface area contributed by atoms with E-state index in [4.69, 9.17) is 10.5 Å². The minimum atomic E-state index is -0.317. The maximum absolute atomic E-state index is 13.2. The van der Waals surface area contributed by atoms with E-state index in [1.54, 1.807) is 19.2 Å². The Morgan fingerprint density at radius 3 is 2.81 bits per heavy atom. The zero-order chi connectivity index (χ0) is 18.9. The molecule has 0 bridgehead atoms. The number of amides is 1. The van der Waals surface area contributed by atoms with Crippen LogP contribution in [0, 0.1) is 5.82 Å². The number of guanidine groups is 1. The van der Waals surface area contributed by atoms with Crippen LogP contribution in [0.3, 0.4) is 0 Å². The molecule has 8 heteroatoms. The summed E-state index contributed by atoms with van der Waals surface area (Å²) in [6.45, 7) is 4.42. The molecule has 1 unspecified atom stereocenters. The van der Waals surface area contributed by atoms with Gasteiger partial charge in [-0.2, -0.15) is 0 Å². The highest BCUT2D eigenvalue weighted by Crippen LogP contribution is 2.13. The van der Waals surface area contributed by atoms with E-state index in [-0.39, 0.29) is 17.8 Å². The number of hydrogen-bond donors (Lipinski definition) is 3. The van der Waals surface area contributed by atoms with Gasteiger partial charge in [-0.05, 0) is 31.9 Å². The summed E-state index contributed by atoms with van der Waals surface area (Å²) >= 11 is 0. The molecule has 0 radical (unpaired) electrons. The van der Waals surface area contributed by atoms with Crippen LogP contribution in [-0.2, 0) is 4.79 Å². The van der Waals surface area contributed by atoms with E-state index >= 15 is 0 Å². The van der Waals surface area contributed by atoms with E-state index in [0.717, 1.165) is 25.9 Å².